The molecule has 4 heteroatoms. The van der Waals surface area contributed by atoms with Gasteiger partial charge in [-0.25, -0.2) is 19.4 Å². The number of hydrogen-bond acceptors (Lipinski definition) is 4. The molecule has 0 aliphatic rings. The zero-order valence-corrected chi connectivity index (χ0v) is 10.8. The molecule has 0 amide bonds. The fourth-order valence-electron chi connectivity index (χ4n) is 1.68. The van der Waals surface area contributed by atoms with E-state index in [0.29, 0.717) is 0 Å². The van der Waals surface area contributed by atoms with E-state index in [4.69, 9.17) is 0 Å². The SMILES string of the molecule is O=C(Cc1ccccc1)OOC(=O)Cc1ccccc1. The van der Waals surface area contributed by atoms with Gasteiger partial charge in [0.1, 0.15) is 0 Å². The Morgan fingerprint density at radius 2 is 1.00 bits per heavy atom. The van der Waals surface area contributed by atoms with Crippen LogP contribution in [0.3, 0.4) is 0 Å². The fourth-order valence-corrected chi connectivity index (χ4v) is 1.68. The molecule has 0 N–H and O–H groups in total. The topological polar surface area (TPSA) is 52.6 Å². The summed E-state index contributed by atoms with van der Waals surface area (Å²) in [4.78, 5) is 31.9. The van der Waals surface area contributed by atoms with Crippen molar-refractivity contribution in [2.45, 2.75) is 12.8 Å². The average molecular weight is 270 g/mol. The largest absolute Gasteiger partial charge is 0.359 e. The van der Waals surface area contributed by atoms with Gasteiger partial charge in [0, 0.05) is 0 Å². The first-order chi connectivity index (χ1) is 9.74. The number of rotatable bonds is 4. The van der Waals surface area contributed by atoms with Crippen molar-refractivity contribution in [2.24, 2.45) is 0 Å². The Bertz CT molecular complexity index is 510. The van der Waals surface area contributed by atoms with Crippen molar-refractivity contribution in [2.75, 3.05) is 0 Å². The zero-order valence-electron chi connectivity index (χ0n) is 10.8. The van der Waals surface area contributed by atoms with Gasteiger partial charge in [-0.2, -0.15) is 0 Å². The fraction of sp³-hybridized carbons (Fsp3) is 0.125. The number of hydrogen-bond donors (Lipinski definition) is 0. The third-order valence-corrected chi connectivity index (χ3v) is 2.61. The van der Waals surface area contributed by atoms with Gasteiger partial charge in [-0.1, -0.05) is 60.7 Å². The first-order valence-electron chi connectivity index (χ1n) is 6.22. The van der Waals surface area contributed by atoms with Crippen LogP contribution in [0.4, 0.5) is 0 Å². The maximum atomic E-state index is 11.5. The molecule has 0 bridgehead atoms. The maximum Gasteiger partial charge on any atom is 0.359 e. The molecule has 0 aliphatic carbocycles. The number of carbonyl (C=O) groups is 2. The van der Waals surface area contributed by atoms with Gasteiger partial charge in [0.05, 0.1) is 12.8 Å². The smallest absolute Gasteiger partial charge is 0.247 e. The van der Waals surface area contributed by atoms with Crippen LogP contribution < -0.4 is 0 Å². The third-order valence-electron chi connectivity index (χ3n) is 2.61. The summed E-state index contributed by atoms with van der Waals surface area (Å²) >= 11 is 0. The predicted molar refractivity (Wildman–Crippen MR) is 72.5 cm³/mol. The third kappa shape index (κ3) is 4.57. The average Bonchev–Trinajstić information content (AvgIpc) is 2.47. The van der Waals surface area contributed by atoms with Crippen LogP contribution in [0.25, 0.3) is 0 Å². The zero-order chi connectivity index (χ0) is 14.2. The van der Waals surface area contributed by atoms with Gasteiger partial charge in [-0.3, -0.25) is 0 Å². The van der Waals surface area contributed by atoms with Crippen molar-refractivity contribution >= 4 is 11.9 Å². The summed E-state index contributed by atoms with van der Waals surface area (Å²) in [6.45, 7) is 0. The van der Waals surface area contributed by atoms with Crippen LogP contribution >= 0.6 is 0 Å². The molecule has 0 fully saturated rings. The Morgan fingerprint density at radius 1 is 0.650 bits per heavy atom. The lowest BCUT2D eigenvalue weighted by Gasteiger charge is -2.03. The van der Waals surface area contributed by atoms with Crippen molar-refractivity contribution in [1.82, 2.24) is 0 Å². The van der Waals surface area contributed by atoms with Crippen molar-refractivity contribution < 1.29 is 19.4 Å². The van der Waals surface area contributed by atoms with Gasteiger partial charge in [0.15, 0.2) is 0 Å². The van der Waals surface area contributed by atoms with Gasteiger partial charge in [-0.15, -0.1) is 0 Å². The molecule has 2 rings (SSSR count). The Labute approximate surface area is 116 Å². The van der Waals surface area contributed by atoms with E-state index in [9.17, 15) is 9.59 Å². The number of benzene rings is 2. The van der Waals surface area contributed by atoms with Crippen LogP contribution in [0.15, 0.2) is 60.7 Å². The molecule has 0 unspecified atom stereocenters. The lowest BCUT2D eigenvalue weighted by atomic mass is 10.2. The highest BCUT2D eigenvalue weighted by atomic mass is 17.2. The Morgan fingerprint density at radius 3 is 1.35 bits per heavy atom. The summed E-state index contributed by atoms with van der Waals surface area (Å²) in [6.07, 6.45) is 0.138. The van der Waals surface area contributed by atoms with E-state index in [-0.39, 0.29) is 12.8 Å². The summed E-state index contributed by atoms with van der Waals surface area (Å²) < 4.78 is 0. The Hall–Kier alpha value is -2.62. The van der Waals surface area contributed by atoms with Crippen molar-refractivity contribution in [1.29, 1.82) is 0 Å². The standard InChI is InChI=1S/C16H14O4/c17-15(11-13-7-3-1-4-8-13)19-20-16(18)12-14-9-5-2-6-10-14/h1-10H,11-12H2. The Kier molecular flexibility index (Phi) is 4.89. The second-order valence-corrected chi connectivity index (χ2v) is 4.24. The molecule has 2 aromatic carbocycles. The molecule has 2 aromatic rings. The molecular weight excluding hydrogens is 256 g/mol. The van der Waals surface area contributed by atoms with Crippen molar-refractivity contribution in [3.05, 3.63) is 71.8 Å². The minimum Gasteiger partial charge on any atom is -0.247 e. The van der Waals surface area contributed by atoms with Crippen LogP contribution in [-0.2, 0) is 32.2 Å². The van der Waals surface area contributed by atoms with E-state index in [1.807, 2.05) is 36.4 Å². The molecule has 0 saturated heterocycles. The second kappa shape index (κ2) is 7.09. The van der Waals surface area contributed by atoms with Crippen LogP contribution in [-0.4, -0.2) is 11.9 Å². The van der Waals surface area contributed by atoms with Crippen molar-refractivity contribution in [3.8, 4) is 0 Å². The minimum absolute atomic E-state index is 0.0689. The molecule has 0 spiro atoms. The van der Waals surface area contributed by atoms with E-state index in [2.05, 4.69) is 9.78 Å². The first-order valence-corrected chi connectivity index (χ1v) is 6.22. The normalized spacial score (nSPS) is 9.80. The van der Waals surface area contributed by atoms with Crippen LogP contribution in [0.5, 0.6) is 0 Å². The highest BCUT2D eigenvalue weighted by Gasteiger charge is 2.11. The second-order valence-electron chi connectivity index (χ2n) is 4.24. The van der Waals surface area contributed by atoms with E-state index in [0.717, 1.165) is 11.1 Å². The summed E-state index contributed by atoms with van der Waals surface area (Å²) in [6, 6.07) is 18.2. The molecule has 0 heterocycles. The van der Waals surface area contributed by atoms with E-state index in [1.165, 1.54) is 0 Å². The highest BCUT2D eigenvalue weighted by Crippen LogP contribution is 2.03. The maximum absolute atomic E-state index is 11.5. The number of carbonyl (C=O) groups excluding carboxylic acids is 2. The molecule has 0 atom stereocenters. The summed E-state index contributed by atoms with van der Waals surface area (Å²) in [7, 11) is 0. The summed E-state index contributed by atoms with van der Waals surface area (Å²) in [5.74, 6) is -1.20. The van der Waals surface area contributed by atoms with Gasteiger partial charge in [-0.05, 0) is 11.1 Å². The molecule has 102 valence electrons. The monoisotopic (exact) mass is 270 g/mol. The molecule has 0 aromatic heterocycles. The Balaban J connectivity index is 1.75. The lowest BCUT2D eigenvalue weighted by molar-refractivity contribution is -0.258. The molecule has 20 heavy (non-hydrogen) atoms. The summed E-state index contributed by atoms with van der Waals surface area (Å²) in [5, 5.41) is 0. The summed E-state index contributed by atoms with van der Waals surface area (Å²) in [5.41, 5.74) is 1.60. The van der Waals surface area contributed by atoms with Crippen molar-refractivity contribution in [3.63, 3.8) is 0 Å². The van der Waals surface area contributed by atoms with Crippen LogP contribution in [0.2, 0.25) is 0 Å². The van der Waals surface area contributed by atoms with E-state index >= 15 is 0 Å². The predicted octanol–water partition coefficient (Wildman–Crippen LogP) is 2.47. The highest BCUT2D eigenvalue weighted by molar-refractivity contribution is 5.75. The quantitative estimate of drug-likeness (QED) is 0.632. The van der Waals surface area contributed by atoms with E-state index in [1.54, 1.807) is 24.3 Å². The van der Waals surface area contributed by atoms with Gasteiger partial charge in [0.25, 0.3) is 0 Å². The molecule has 0 radical (unpaired) electrons. The van der Waals surface area contributed by atoms with E-state index < -0.39 is 11.9 Å². The molecular formula is C16H14O4. The van der Waals surface area contributed by atoms with Crippen LogP contribution in [0, 0.1) is 0 Å². The van der Waals surface area contributed by atoms with Gasteiger partial charge in [0.2, 0.25) is 0 Å². The first kappa shape index (κ1) is 13.8. The lowest BCUT2D eigenvalue weighted by Crippen LogP contribution is -2.14. The minimum atomic E-state index is -0.599. The molecule has 4 nitrogen and oxygen atoms in total. The van der Waals surface area contributed by atoms with Crippen LogP contribution in [0.1, 0.15) is 11.1 Å². The van der Waals surface area contributed by atoms with Gasteiger partial charge >= 0.3 is 11.9 Å². The molecule has 0 saturated carbocycles. The molecule has 0 aliphatic heterocycles. The van der Waals surface area contributed by atoms with Gasteiger partial charge < -0.3 is 0 Å².